The van der Waals surface area contributed by atoms with Gasteiger partial charge in [0.2, 0.25) is 5.78 Å². The zero-order valence-corrected chi connectivity index (χ0v) is 17.6. The Morgan fingerprint density at radius 2 is 1.93 bits per heavy atom. The van der Waals surface area contributed by atoms with Crippen LogP contribution in [0, 0.1) is 6.92 Å². The largest absolute Gasteiger partial charge is 0.493 e. The number of carbonyl (C=O) groups excluding carboxylic acids is 1. The second-order valence-corrected chi connectivity index (χ2v) is 7.25. The van der Waals surface area contributed by atoms with Crippen molar-refractivity contribution in [2.24, 2.45) is 0 Å². The number of fused-ring (bicyclic) bond motifs is 3. The van der Waals surface area contributed by atoms with Crippen molar-refractivity contribution < 1.29 is 28.5 Å². The number of hydrogen-bond donors (Lipinski definition) is 0. The second kappa shape index (κ2) is 8.38. The maximum atomic E-state index is 13.1. The Labute approximate surface area is 175 Å². The highest BCUT2D eigenvalue weighted by Gasteiger charge is 2.35. The van der Waals surface area contributed by atoms with Gasteiger partial charge in [-0.25, -0.2) is 0 Å². The summed E-state index contributed by atoms with van der Waals surface area (Å²) in [7, 11) is 4.83. The van der Waals surface area contributed by atoms with Crippen molar-refractivity contribution in [3.05, 3.63) is 52.3 Å². The van der Waals surface area contributed by atoms with Crippen LogP contribution in [0.1, 0.15) is 27.0 Å². The van der Waals surface area contributed by atoms with Crippen LogP contribution in [0.5, 0.6) is 23.0 Å². The molecule has 7 nitrogen and oxygen atoms in total. The molecule has 0 atom stereocenters. The van der Waals surface area contributed by atoms with Gasteiger partial charge in [-0.1, -0.05) is 6.07 Å². The smallest absolute Gasteiger partial charge is 0.232 e. The highest BCUT2D eigenvalue weighted by molar-refractivity contribution is 6.15. The van der Waals surface area contributed by atoms with Crippen LogP contribution in [-0.2, 0) is 11.3 Å². The number of Topliss-reactive ketones (excluding diaryl/α,β-unsaturated/α-hetero) is 1. The van der Waals surface area contributed by atoms with Crippen LogP contribution < -0.4 is 18.9 Å². The summed E-state index contributed by atoms with van der Waals surface area (Å²) in [5, 5.41) is 0. The third-order valence-corrected chi connectivity index (χ3v) is 5.30. The van der Waals surface area contributed by atoms with Crippen LogP contribution in [-0.4, -0.2) is 51.9 Å². The van der Waals surface area contributed by atoms with Crippen molar-refractivity contribution >= 4 is 11.9 Å². The van der Waals surface area contributed by atoms with Crippen LogP contribution in [0.15, 0.2) is 30.0 Å². The molecule has 0 aromatic heterocycles. The summed E-state index contributed by atoms with van der Waals surface area (Å²) in [5.41, 5.74) is 3.11. The minimum absolute atomic E-state index is 0.130. The number of hydrogen-bond acceptors (Lipinski definition) is 7. The Kier molecular flexibility index (Phi) is 5.65. The van der Waals surface area contributed by atoms with Crippen LogP contribution in [0.3, 0.4) is 0 Å². The van der Waals surface area contributed by atoms with E-state index in [2.05, 4.69) is 4.90 Å². The van der Waals surface area contributed by atoms with E-state index in [1.165, 1.54) is 0 Å². The second-order valence-electron chi connectivity index (χ2n) is 7.25. The van der Waals surface area contributed by atoms with Crippen molar-refractivity contribution in [1.82, 2.24) is 4.90 Å². The highest BCUT2D eigenvalue weighted by atomic mass is 16.5. The monoisotopic (exact) mass is 411 g/mol. The quantitative estimate of drug-likeness (QED) is 0.675. The molecule has 2 heterocycles. The Morgan fingerprint density at radius 1 is 1.13 bits per heavy atom. The van der Waals surface area contributed by atoms with E-state index in [4.69, 9.17) is 23.7 Å². The van der Waals surface area contributed by atoms with Gasteiger partial charge in [0.1, 0.15) is 18.2 Å². The molecular weight excluding hydrogens is 386 g/mol. The van der Waals surface area contributed by atoms with E-state index in [9.17, 15) is 4.79 Å². The molecule has 2 aromatic carbocycles. The highest BCUT2D eigenvalue weighted by Crippen LogP contribution is 2.44. The topological polar surface area (TPSA) is 66.5 Å². The van der Waals surface area contributed by atoms with Crippen LogP contribution in [0.25, 0.3) is 6.08 Å². The molecule has 0 spiro atoms. The molecule has 0 saturated heterocycles. The molecule has 0 unspecified atom stereocenters. The number of aryl methyl sites for hydroxylation is 1. The molecule has 4 rings (SSSR count). The number of rotatable bonds is 6. The average Bonchev–Trinajstić information content (AvgIpc) is 3.09. The zero-order chi connectivity index (χ0) is 21.3. The standard InChI is InChI=1S/C23H25NO6/c1-14-9-18-16(12-24(13-29-18)7-8-26-2)23-21(14)22(25)20(30-23)11-15-5-6-17(27-3)19(10-15)28-4/h5-6,9-11H,7-8,12-13H2,1-4H3/b20-11-. The number of methoxy groups -OCH3 is 3. The molecule has 0 N–H and O–H groups in total. The first kappa shape index (κ1) is 20.3. The van der Waals surface area contributed by atoms with Crippen LogP contribution in [0.2, 0.25) is 0 Å². The maximum absolute atomic E-state index is 13.1. The summed E-state index contributed by atoms with van der Waals surface area (Å²) in [5.74, 6) is 2.71. The molecule has 2 aliphatic rings. The summed E-state index contributed by atoms with van der Waals surface area (Å²) in [6.45, 7) is 4.37. The Hall–Kier alpha value is -3.03. The normalized spacial score (nSPS) is 16.7. The molecule has 0 bridgehead atoms. The molecule has 0 fully saturated rings. The van der Waals surface area contributed by atoms with Gasteiger partial charge in [-0.3, -0.25) is 9.69 Å². The predicted molar refractivity (Wildman–Crippen MR) is 111 cm³/mol. The van der Waals surface area contributed by atoms with E-state index in [0.717, 1.165) is 29.0 Å². The van der Waals surface area contributed by atoms with E-state index in [1.54, 1.807) is 33.5 Å². The molecule has 30 heavy (non-hydrogen) atoms. The van der Waals surface area contributed by atoms with E-state index in [0.29, 0.717) is 42.7 Å². The number of carbonyl (C=O) groups is 1. The van der Waals surface area contributed by atoms with E-state index in [-0.39, 0.29) is 11.5 Å². The Balaban J connectivity index is 1.68. The van der Waals surface area contributed by atoms with Gasteiger partial charge in [0.05, 0.1) is 32.0 Å². The number of ketones is 1. The van der Waals surface area contributed by atoms with Gasteiger partial charge in [0, 0.05) is 20.2 Å². The maximum Gasteiger partial charge on any atom is 0.232 e. The van der Waals surface area contributed by atoms with E-state index < -0.39 is 0 Å². The zero-order valence-electron chi connectivity index (χ0n) is 17.6. The lowest BCUT2D eigenvalue weighted by Crippen LogP contribution is -2.34. The summed E-state index contributed by atoms with van der Waals surface area (Å²) < 4.78 is 27.8. The predicted octanol–water partition coefficient (Wildman–Crippen LogP) is 3.43. The van der Waals surface area contributed by atoms with Crippen molar-refractivity contribution in [2.75, 3.05) is 41.2 Å². The molecule has 7 heteroatoms. The number of nitrogens with zero attached hydrogens (tertiary/aromatic N) is 1. The Bertz CT molecular complexity index is 1010. The third kappa shape index (κ3) is 3.62. The van der Waals surface area contributed by atoms with Gasteiger partial charge in [-0.15, -0.1) is 0 Å². The molecular formula is C23H25NO6. The molecule has 0 saturated carbocycles. The molecule has 0 radical (unpaired) electrons. The number of ether oxygens (including phenoxy) is 5. The summed E-state index contributed by atoms with van der Waals surface area (Å²) in [6, 6.07) is 7.38. The van der Waals surface area contributed by atoms with Gasteiger partial charge in [0.25, 0.3) is 0 Å². The SMILES string of the molecule is COCCN1COc2cc(C)c3c(c2C1)O/C(=C\c1ccc(OC)c(OC)c1)C3=O. The van der Waals surface area contributed by atoms with Crippen LogP contribution >= 0.6 is 0 Å². The van der Waals surface area contributed by atoms with Gasteiger partial charge >= 0.3 is 0 Å². The third-order valence-electron chi connectivity index (χ3n) is 5.30. The number of benzene rings is 2. The van der Waals surface area contributed by atoms with Gasteiger partial charge in [-0.2, -0.15) is 0 Å². The summed E-state index contributed by atoms with van der Waals surface area (Å²) >= 11 is 0. The van der Waals surface area contributed by atoms with Crippen LogP contribution in [0.4, 0.5) is 0 Å². The summed E-state index contributed by atoms with van der Waals surface area (Å²) in [6.07, 6.45) is 1.72. The van der Waals surface area contributed by atoms with Crippen molar-refractivity contribution in [2.45, 2.75) is 13.5 Å². The first-order valence-corrected chi connectivity index (χ1v) is 9.72. The van der Waals surface area contributed by atoms with Crippen molar-refractivity contribution in [1.29, 1.82) is 0 Å². The van der Waals surface area contributed by atoms with Gasteiger partial charge in [0.15, 0.2) is 17.3 Å². The average molecular weight is 411 g/mol. The minimum atomic E-state index is -0.130. The molecule has 2 aliphatic heterocycles. The van der Waals surface area contributed by atoms with Crippen molar-refractivity contribution in [3.63, 3.8) is 0 Å². The van der Waals surface area contributed by atoms with Gasteiger partial charge < -0.3 is 23.7 Å². The van der Waals surface area contributed by atoms with Crippen molar-refractivity contribution in [3.8, 4) is 23.0 Å². The first-order chi connectivity index (χ1) is 14.5. The van der Waals surface area contributed by atoms with E-state index >= 15 is 0 Å². The molecule has 158 valence electrons. The molecule has 0 amide bonds. The fourth-order valence-corrected chi connectivity index (χ4v) is 3.73. The fourth-order valence-electron chi connectivity index (χ4n) is 3.73. The molecule has 2 aromatic rings. The molecule has 0 aliphatic carbocycles. The minimum Gasteiger partial charge on any atom is -0.493 e. The lowest BCUT2D eigenvalue weighted by Gasteiger charge is -2.29. The van der Waals surface area contributed by atoms with E-state index in [1.807, 2.05) is 25.1 Å². The fraction of sp³-hybridized carbons (Fsp3) is 0.348. The summed E-state index contributed by atoms with van der Waals surface area (Å²) in [4.78, 5) is 15.2. The lowest BCUT2D eigenvalue weighted by atomic mass is 9.98. The number of allylic oxidation sites excluding steroid dienone is 1. The Morgan fingerprint density at radius 3 is 2.67 bits per heavy atom. The first-order valence-electron chi connectivity index (χ1n) is 9.72. The van der Waals surface area contributed by atoms with Gasteiger partial charge in [-0.05, 0) is 42.3 Å². The lowest BCUT2D eigenvalue weighted by molar-refractivity contribution is 0.0646.